The zero-order valence-electron chi connectivity index (χ0n) is 58.1. The van der Waals surface area contributed by atoms with Gasteiger partial charge in [-0.2, -0.15) is 0 Å². The van der Waals surface area contributed by atoms with Crippen molar-refractivity contribution >= 4 is 11.9 Å². The number of carbonyl (C=O) groups excluding carboxylic acids is 2. The molecule has 0 fully saturated rings. The largest absolute Gasteiger partial charge is 0.466 e. The van der Waals surface area contributed by atoms with Crippen LogP contribution in [0.2, 0.25) is 0 Å². The van der Waals surface area contributed by atoms with Crippen LogP contribution < -0.4 is 5.32 Å². The topological polar surface area (TPSA) is 95.9 Å². The number of hydrogen-bond donors (Lipinski definition) is 3. The molecule has 0 radical (unpaired) electrons. The molecule has 6 nitrogen and oxygen atoms in total. The van der Waals surface area contributed by atoms with Gasteiger partial charge in [0.25, 0.3) is 0 Å². The average molecular weight is 1200 g/mol. The van der Waals surface area contributed by atoms with Gasteiger partial charge in [-0.05, 0) is 51.4 Å². The third-order valence-electron chi connectivity index (χ3n) is 18.8. The van der Waals surface area contributed by atoms with E-state index in [1.54, 1.807) is 0 Å². The SMILES string of the molecule is CCCCCCCCCCCCCCCCCCCCCCCCC(O)C(CO)NC(=O)CCCCCCCCCCCCCCCCC/C=C\CCCCCCCCCCCCCCOC(=O)CCCCCCCCCCCCCCCCC. The van der Waals surface area contributed by atoms with Gasteiger partial charge in [0, 0.05) is 12.8 Å². The number of amides is 1. The number of esters is 1. The number of ether oxygens (including phenoxy) is 1. The summed E-state index contributed by atoms with van der Waals surface area (Å²) in [6, 6.07) is -0.540. The molecule has 2 atom stereocenters. The lowest BCUT2D eigenvalue weighted by Crippen LogP contribution is -2.45. The van der Waals surface area contributed by atoms with Gasteiger partial charge in [-0.15, -0.1) is 0 Å². The van der Waals surface area contributed by atoms with Gasteiger partial charge in [0.1, 0.15) is 0 Å². The van der Waals surface area contributed by atoms with E-state index in [9.17, 15) is 19.8 Å². The van der Waals surface area contributed by atoms with Gasteiger partial charge in [-0.1, -0.05) is 405 Å². The third kappa shape index (κ3) is 71.6. The van der Waals surface area contributed by atoms with Crippen LogP contribution in [0.5, 0.6) is 0 Å². The second-order valence-electron chi connectivity index (χ2n) is 27.4. The van der Waals surface area contributed by atoms with Gasteiger partial charge in [-0.25, -0.2) is 0 Å². The van der Waals surface area contributed by atoms with Gasteiger partial charge in [0.2, 0.25) is 5.91 Å². The standard InChI is InChI=1S/C79H155NO5/c1-3-5-7-9-11-13-15-17-19-20-21-22-34-37-40-44-47-51-55-59-63-67-71-77(82)76(75-81)80-78(83)72-68-64-60-56-52-48-45-41-38-35-32-30-28-26-24-23-25-27-29-31-33-36-39-42-46-50-54-58-62-66-70-74-85-79(84)73-69-65-61-57-53-49-43-18-16-14-12-10-8-6-4-2/h25,27,76-77,81-82H,3-24,26,28-75H2,1-2H3,(H,80,83)/b27-25-. The molecule has 0 saturated carbocycles. The van der Waals surface area contributed by atoms with Crippen molar-refractivity contribution in [2.24, 2.45) is 0 Å². The Bertz CT molecular complexity index is 1290. The molecule has 0 aliphatic carbocycles. The van der Waals surface area contributed by atoms with E-state index in [4.69, 9.17) is 4.74 Å². The predicted octanol–water partition coefficient (Wildman–Crippen LogP) is 25.9. The molecule has 0 saturated heterocycles. The molecule has 0 heterocycles. The zero-order chi connectivity index (χ0) is 61.3. The summed E-state index contributed by atoms with van der Waals surface area (Å²) in [5, 5.41) is 23.5. The van der Waals surface area contributed by atoms with Crippen LogP contribution in [0.1, 0.15) is 457 Å². The van der Waals surface area contributed by atoms with Gasteiger partial charge in [-0.3, -0.25) is 9.59 Å². The maximum Gasteiger partial charge on any atom is 0.305 e. The minimum absolute atomic E-state index is 0.0219. The number of rotatable bonds is 75. The lowest BCUT2D eigenvalue weighted by atomic mass is 10.0. The average Bonchev–Trinajstić information content (AvgIpc) is 3.51. The summed E-state index contributed by atoms with van der Waals surface area (Å²) >= 11 is 0. The van der Waals surface area contributed by atoms with Crippen LogP contribution in [0.3, 0.4) is 0 Å². The van der Waals surface area contributed by atoms with Gasteiger partial charge < -0.3 is 20.3 Å². The van der Waals surface area contributed by atoms with Crippen molar-refractivity contribution in [2.75, 3.05) is 13.2 Å². The molecule has 0 aliphatic rings. The van der Waals surface area contributed by atoms with Crippen molar-refractivity contribution in [1.29, 1.82) is 0 Å². The van der Waals surface area contributed by atoms with E-state index >= 15 is 0 Å². The van der Waals surface area contributed by atoms with E-state index in [0.717, 1.165) is 38.5 Å². The first-order chi connectivity index (χ1) is 42.0. The Balaban J connectivity index is 3.35. The molecule has 0 rings (SSSR count). The molecule has 3 N–H and O–H groups in total. The van der Waals surface area contributed by atoms with E-state index in [0.29, 0.717) is 25.9 Å². The normalized spacial score (nSPS) is 12.5. The molecule has 2 unspecified atom stereocenters. The third-order valence-corrected chi connectivity index (χ3v) is 18.8. The van der Waals surface area contributed by atoms with Crippen LogP contribution in [0.15, 0.2) is 12.2 Å². The second-order valence-corrected chi connectivity index (χ2v) is 27.4. The molecule has 0 spiro atoms. The van der Waals surface area contributed by atoms with Crippen molar-refractivity contribution in [3.63, 3.8) is 0 Å². The Kier molecular flexibility index (Phi) is 73.8. The van der Waals surface area contributed by atoms with Crippen LogP contribution in [-0.4, -0.2) is 47.4 Å². The second kappa shape index (κ2) is 75.1. The van der Waals surface area contributed by atoms with Crippen molar-refractivity contribution in [3.8, 4) is 0 Å². The van der Waals surface area contributed by atoms with E-state index in [1.165, 1.54) is 385 Å². The molecule has 6 heteroatoms. The molecule has 0 aliphatic heterocycles. The summed E-state index contributed by atoms with van der Waals surface area (Å²) in [5.41, 5.74) is 0. The van der Waals surface area contributed by atoms with Crippen molar-refractivity contribution in [2.45, 2.75) is 469 Å². The quantitative estimate of drug-likeness (QED) is 0.0320. The fourth-order valence-corrected chi connectivity index (χ4v) is 12.8. The number of carbonyl (C=O) groups is 2. The maximum absolute atomic E-state index is 12.6. The van der Waals surface area contributed by atoms with Crippen LogP contribution in [0, 0.1) is 0 Å². The molecule has 0 aromatic rings. The van der Waals surface area contributed by atoms with Crippen LogP contribution in [0.25, 0.3) is 0 Å². The first kappa shape index (κ1) is 83.6. The highest BCUT2D eigenvalue weighted by Gasteiger charge is 2.20. The van der Waals surface area contributed by atoms with Crippen molar-refractivity contribution in [3.05, 3.63) is 12.2 Å². The Labute approximate surface area is 533 Å². The molecule has 0 aromatic carbocycles. The van der Waals surface area contributed by atoms with Gasteiger partial charge >= 0.3 is 5.97 Å². The minimum Gasteiger partial charge on any atom is -0.466 e. The highest BCUT2D eigenvalue weighted by atomic mass is 16.5. The fraction of sp³-hybridized carbons (Fsp3) is 0.949. The van der Waals surface area contributed by atoms with Crippen molar-refractivity contribution in [1.82, 2.24) is 5.32 Å². The van der Waals surface area contributed by atoms with Crippen LogP contribution in [-0.2, 0) is 14.3 Å². The van der Waals surface area contributed by atoms with Gasteiger partial charge in [0.05, 0.1) is 25.4 Å². The van der Waals surface area contributed by atoms with E-state index in [-0.39, 0.29) is 18.5 Å². The number of aliphatic hydroxyl groups excluding tert-OH is 2. The number of unbranched alkanes of at least 4 members (excludes halogenated alkanes) is 62. The van der Waals surface area contributed by atoms with Crippen LogP contribution in [0.4, 0.5) is 0 Å². The lowest BCUT2D eigenvalue weighted by Gasteiger charge is -2.22. The number of aliphatic hydroxyl groups is 2. The fourth-order valence-electron chi connectivity index (χ4n) is 12.8. The van der Waals surface area contributed by atoms with Crippen molar-refractivity contribution < 1.29 is 24.5 Å². The van der Waals surface area contributed by atoms with Gasteiger partial charge in [0.15, 0.2) is 0 Å². The number of hydrogen-bond acceptors (Lipinski definition) is 5. The molecule has 85 heavy (non-hydrogen) atoms. The first-order valence-electron chi connectivity index (χ1n) is 39.4. The number of allylic oxidation sites excluding steroid dienone is 2. The van der Waals surface area contributed by atoms with E-state index in [2.05, 4.69) is 31.3 Å². The monoisotopic (exact) mass is 1200 g/mol. The first-order valence-corrected chi connectivity index (χ1v) is 39.4. The smallest absolute Gasteiger partial charge is 0.305 e. The summed E-state index contributed by atoms with van der Waals surface area (Å²) in [4.78, 5) is 24.7. The summed E-state index contributed by atoms with van der Waals surface area (Å²) in [6.07, 6.45) is 94.4. The predicted molar refractivity (Wildman–Crippen MR) is 375 cm³/mol. The van der Waals surface area contributed by atoms with Crippen LogP contribution >= 0.6 is 0 Å². The maximum atomic E-state index is 12.6. The summed E-state index contributed by atoms with van der Waals surface area (Å²) in [5.74, 6) is -0.00517. The van der Waals surface area contributed by atoms with E-state index < -0.39 is 12.1 Å². The highest BCUT2D eigenvalue weighted by molar-refractivity contribution is 5.76. The minimum atomic E-state index is -0.664. The molecular weight excluding hydrogens is 1040 g/mol. The number of nitrogens with one attached hydrogen (secondary N) is 1. The summed E-state index contributed by atoms with van der Waals surface area (Å²) < 4.78 is 5.50. The Morgan fingerprint density at radius 1 is 0.318 bits per heavy atom. The summed E-state index contributed by atoms with van der Waals surface area (Å²) in [6.45, 7) is 5.01. The lowest BCUT2D eigenvalue weighted by molar-refractivity contribution is -0.143. The highest BCUT2D eigenvalue weighted by Crippen LogP contribution is 2.20. The molecule has 506 valence electrons. The Morgan fingerprint density at radius 2 is 0.553 bits per heavy atom. The Hall–Kier alpha value is -1.40. The molecule has 0 aromatic heterocycles. The molecule has 1 amide bonds. The Morgan fingerprint density at radius 3 is 0.835 bits per heavy atom. The molecular formula is C79H155NO5. The summed E-state index contributed by atoms with van der Waals surface area (Å²) in [7, 11) is 0. The molecule has 0 bridgehead atoms. The zero-order valence-corrected chi connectivity index (χ0v) is 58.1. The van der Waals surface area contributed by atoms with E-state index in [1.807, 2.05) is 0 Å².